The topological polar surface area (TPSA) is 99.6 Å². The van der Waals surface area contributed by atoms with Gasteiger partial charge in [0.05, 0.1) is 47.4 Å². The monoisotopic (exact) mass is 649 g/mol. The number of carbonyl (C=O) groups excluding carboxylic acids is 3. The maximum Gasteiger partial charge on any atom is 0.253 e. The highest BCUT2D eigenvalue weighted by molar-refractivity contribution is 6.34. The van der Waals surface area contributed by atoms with Crippen LogP contribution in [0.2, 0.25) is 5.02 Å². The van der Waals surface area contributed by atoms with Crippen molar-refractivity contribution in [2.24, 2.45) is 11.8 Å². The molecule has 246 valence electrons. The van der Waals surface area contributed by atoms with E-state index < -0.39 is 35.1 Å². The molecule has 2 aromatic rings. The van der Waals surface area contributed by atoms with Gasteiger partial charge in [0.25, 0.3) is 5.91 Å². The Morgan fingerprint density at radius 1 is 1.11 bits per heavy atom. The number of hydrogen-bond donors (Lipinski definition) is 1. The Hall–Kier alpha value is -3.66. The minimum Gasteiger partial charge on any atom is -0.494 e. The normalized spacial score (nSPS) is 26.9. The first-order valence-electron chi connectivity index (χ1n) is 16.0. The van der Waals surface area contributed by atoms with E-state index >= 15 is 0 Å². The van der Waals surface area contributed by atoms with E-state index in [0.717, 1.165) is 5.56 Å². The molecule has 10 heteroatoms. The van der Waals surface area contributed by atoms with Gasteiger partial charge >= 0.3 is 0 Å². The van der Waals surface area contributed by atoms with E-state index in [9.17, 15) is 19.5 Å². The number of ether oxygens (including phenoxy) is 2. The molecule has 3 aliphatic heterocycles. The van der Waals surface area contributed by atoms with Crippen LogP contribution in [0.5, 0.6) is 5.75 Å². The molecule has 5 rings (SSSR count). The summed E-state index contributed by atoms with van der Waals surface area (Å²) in [6, 6.07) is 10.9. The molecule has 3 saturated heterocycles. The Kier molecular flexibility index (Phi) is 9.68. The van der Waals surface area contributed by atoms with E-state index in [0.29, 0.717) is 48.0 Å². The number of carbonyl (C=O) groups is 3. The number of aliphatic hydroxyl groups is 1. The van der Waals surface area contributed by atoms with Gasteiger partial charge in [-0.15, -0.1) is 13.2 Å². The summed E-state index contributed by atoms with van der Waals surface area (Å²) < 4.78 is 12.6. The van der Waals surface area contributed by atoms with Crippen LogP contribution in [-0.2, 0) is 19.1 Å². The zero-order valence-corrected chi connectivity index (χ0v) is 27.8. The highest BCUT2D eigenvalue weighted by atomic mass is 35.5. The van der Waals surface area contributed by atoms with E-state index in [4.69, 9.17) is 21.1 Å². The Balaban J connectivity index is 1.62. The summed E-state index contributed by atoms with van der Waals surface area (Å²) >= 11 is 6.67. The number of hydrogen-bond acceptors (Lipinski definition) is 6. The molecule has 0 aromatic heterocycles. The summed E-state index contributed by atoms with van der Waals surface area (Å²) in [5, 5.41) is 10.7. The van der Waals surface area contributed by atoms with Gasteiger partial charge in [0.2, 0.25) is 11.8 Å². The molecule has 6 atom stereocenters. The van der Waals surface area contributed by atoms with Crippen molar-refractivity contribution in [2.45, 2.75) is 70.2 Å². The third kappa shape index (κ3) is 5.22. The van der Waals surface area contributed by atoms with Gasteiger partial charge in [-0.3, -0.25) is 14.4 Å². The molecule has 0 aliphatic carbocycles. The summed E-state index contributed by atoms with van der Waals surface area (Å²) in [4.78, 5) is 49.0. The molecule has 3 aliphatic rings. The smallest absolute Gasteiger partial charge is 0.253 e. The molecule has 0 saturated carbocycles. The summed E-state index contributed by atoms with van der Waals surface area (Å²) in [5.74, 6) is -2.12. The van der Waals surface area contributed by atoms with Crippen LogP contribution in [0.25, 0.3) is 0 Å². The summed E-state index contributed by atoms with van der Waals surface area (Å²) in [6.07, 6.45) is 4.67. The van der Waals surface area contributed by atoms with E-state index in [1.807, 2.05) is 57.2 Å². The van der Waals surface area contributed by atoms with Crippen molar-refractivity contribution in [2.75, 3.05) is 36.1 Å². The molecule has 3 heterocycles. The molecular weight excluding hydrogens is 606 g/mol. The van der Waals surface area contributed by atoms with Crippen LogP contribution in [0.3, 0.4) is 0 Å². The number of likely N-dealkylation sites (tertiary alicyclic amines) is 1. The average Bonchev–Trinajstić information content (AvgIpc) is 3.66. The number of amides is 3. The molecule has 0 radical (unpaired) electrons. The van der Waals surface area contributed by atoms with Gasteiger partial charge in [-0.2, -0.15) is 0 Å². The van der Waals surface area contributed by atoms with E-state index in [-0.39, 0.29) is 37.4 Å². The second-order valence-electron chi connectivity index (χ2n) is 12.4. The van der Waals surface area contributed by atoms with Crippen molar-refractivity contribution in [3.8, 4) is 5.75 Å². The summed E-state index contributed by atoms with van der Waals surface area (Å²) in [6.45, 7) is 15.7. The second-order valence-corrected chi connectivity index (χ2v) is 12.8. The van der Waals surface area contributed by atoms with Gasteiger partial charge in [0, 0.05) is 18.8 Å². The van der Waals surface area contributed by atoms with Gasteiger partial charge in [0.15, 0.2) is 0 Å². The van der Waals surface area contributed by atoms with Gasteiger partial charge in [-0.1, -0.05) is 42.8 Å². The standard InChI is InChI=1S/C36H44ClN3O6/c1-7-20-38(25-14-16-26(17-15-25)45-10-4)32(42)28-29-33(43)40(24(6)22-41)31(36(29)19-18-35(28,9-3)46-36)34(44)39(21-8-2)30-23(5)12-11-13-27(30)37/h7-8,11-17,24,28-29,31,41H,1-2,9-10,18-22H2,3-6H3/t24-,28-,29+,31?,35+,36?/m1/s1. The predicted octanol–water partition coefficient (Wildman–Crippen LogP) is 5.32. The average molecular weight is 650 g/mol. The maximum absolute atomic E-state index is 14.9. The van der Waals surface area contributed by atoms with Crippen molar-refractivity contribution in [3.05, 3.63) is 78.4 Å². The fraction of sp³-hybridized carbons (Fsp3) is 0.472. The van der Waals surface area contributed by atoms with Crippen molar-refractivity contribution < 1.29 is 29.0 Å². The molecule has 2 bridgehead atoms. The number of halogens is 1. The molecule has 3 amide bonds. The number of para-hydroxylation sites is 1. The van der Waals surface area contributed by atoms with Crippen LogP contribution in [-0.4, -0.2) is 77.3 Å². The molecule has 3 fully saturated rings. The number of fused-ring (bicyclic) bond motifs is 1. The van der Waals surface area contributed by atoms with Crippen molar-refractivity contribution >= 4 is 40.7 Å². The van der Waals surface area contributed by atoms with Crippen molar-refractivity contribution in [1.82, 2.24) is 4.90 Å². The van der Waals surface area contributed by atoms with Crippen LogP contribution in [0.1, 0.15) is 45.6 Å². The Bertz CT molecular complexity index is 1490. The SMILES string of the molecule is C=CCN(C(=O)[C@H]1[C@H]2C(=O)N([C@H](C)CO)C(C(=O)N(CC=C)c3c(C)cccc3Cl)C23CC[C@]1(CC)O3)c1ccc(OCC)cc1. The molecule has 46 heavy (non-hydrogen) atoms. The zero-order chi connectivity index (χ0) is 33.4. The molecule has 1 N–H and O–H groups in total. The van der Waals surface area contributed by atoms with Crippen LogP contribution in [0.4, 0.5) is 11.4 Å². The number of nitrogens with zero attached hydrogens (tertiary/aromatic N) is 3. The lowest BCUT2D eigenvalue weighted by molar-refractivity contribution is -0.149. The summed E-state index contributed by atoms with van der Waals surface area (Å²) in [5.41, 5.74) is -0.273. The minimum atomic E-state index is -1.28. The quantitative estimate of drug-likeness (QED) is 0.295. The van der Waals surface area contributed by atoms with Gasteiger partial charge in [-0.05, 0) is 75.9 Å². The first-order valence-corrected chi connectivity index (χ1v) is 16.4. The van der Waals surface area contributed by atoms with Gasteiger partial charge in [0.1, 0.15) is 17.4 Å². The fourth-order valence-corrected chi connectivity index (χ4v) is 8.24. The number of benzene rings is 2. The number of aryl methyl sites for hydroxylation is 1. The predicted molar refractivity (Wildman–Crippen MR) is 179 cm³/mol. The molecule has 2 aromatic carbocycles. The summed E-state index contributed by atoms with van der Waals surface area (Å²) in [7, 11) is 0. The van der Waals surface area contributed by atoms with E-state index in [1.165, 1.54) is 4.90 Å². The second kappa shape index (κ2) is 13.2. The Morgan fingerprint density at radius 2 is 1.78 bits per heavy atom. The van der Waals surface area contributed by atoms with Crippen molar-refractivity contribution in [3.63, 3.8) is 0 Å². The van der Waals surface area contributed by atoms with Crippen LogP contribution >= 0.6 is 11.6 Å². The van der Waals surface area contributed by atoms with Crippen LogP contribution in [0.15, 0.2) is 67.8 Å². The molecule has 9 nitrogen and oxygen atoms in total. The Labute approximate surface area is 276 Å². The minimum absolute atomic E-state index is 0.141. The molecule has 2 unspecified atom stereocenters. The molecular formula is C36H44ClN3O6. The first kappa shape index (κ1) is 33.7. The highest BCUT2D eigenvalue weighted by Gasteiger charge is 2.79. The van der Waals surface area contributed by atoms with Gasteiger partial charge in [-0.25, -0.2) is 0 Å². The molecule has 1 spiro atoms. The van der Waals surface area contributed by atoms with Crippen molar-refractivity contribution in [1.29, 1.82) is 0 Å². The van der Waals surface area contributed by atoms with E-state index in [1.54, 1.807) is 34.9 Å². The Morgan fingerprint density at radius 3 is 2.37 bits per heavy atom. The lowest BCUT2D eigenvalue weighted by atomic mass is 9.64. The number of anilines is 2. The third-order valence-corrected chi connectivity index (χ3v) is 10.2. The maximum atomic E-state index is 14.9. The van der Waals surface area contributed by atoms with Crippen LogP contribution in [0, 0.1) is 18.8 Å². The number of aliphatic hydroxyl groups excluding tert-OH is 1. The lowest BCUT2D eigenvalue weighted by Gasteiger charge is -2.39. The highest BCUT2D eigenvalue weighted by Crippen LogP contribution is 2.65. The first-order chi connectivity index (χ1) is 22.0. The zero-order valence-electron chi connectivity index (χ0n) is 27.1. The third-order valence-electron chi connectivity index (χ3n) is 9.93. The fourth-order valence-electron chi connectivity index (χ4n) is 7.91. The van der Waals surface area contributed by atoms with E-state index in [2.05, 4.69) is 13.2 Å². The largest absolute Gasteiger partial charge is 0.494 e. The van der Waals surface area contributed by atoms with Gasteiger partial charge < -0.3 is 29.3 Å². The number of rotatable bonds is 13. The lowest BCUT2D eigenvalue weighted by Crippen LogP contribution is -2.58. The van der Waals surface area contributed by atoms with Crippen LogP contribution < -0.4 is 14.5 Å².